The third-order valence-electron chi connectivity index (χ3n) is 4.28. The summed E-state index contributed by atoms with van der Waals surface area (Å²) in [7, 11) is 5.01. The highest BCUT2D eigenvalue weighted by Crippen LogP contribution is 2.15. The number of hydrogen-bond acceptors (Lipinski definition) is 5. The first-order chi connectivity index (χ1) is 11.9. The molecule has 9 nitrogen and oxygen atoms in total. The maximum atomic E-state index is 11.9. The Morgan fingerprint density at radius 1 is 1.46 bits per heavy atom. The van der Waals surface area contributed by atoms with Crippen LogP contribution in [-0.2, 0) is 29.1 Å². The molecule has 0 bridgehead atoms. The zero-order valence-corrected chi connectivity index (χ0v) is 18.5. The van der Waals surface area contributed by atoms with Gasteiger partial charge in [0.05, 0.1) is 12.0 Å². The van der Waals surface area contributed by atoms with Gasteiger partial charge >= 0.3 is 0 Å². The molecule has 1 aromatic rings. The fourth-order valence-electron chi connectivity index (χ4n) is 2.78. The predicted molar refractivity (Wildman–Crippen MR) is 111 cm³/mol. The number of halogens is 1. The van der Waals surface area contributed by atoms with E-state index in [1.165, 1.54) is 0 Å². The number of guanidine groups is 1. The number of ether oxygens (including phenoxy) is 1. The molecule has 0 aliphatic carbocycles. The van der Waals surface area contributed by atoms with E-state index in [0.29, 0.717) is 24.9 Å². The predicted octanol–water partition coefficient (Wildman–Crippen LogP) is 0.295. The number of nitrogens with zero attached hydrogens (tertiary/aromatic N) is 4. The van der Waals surface area contributed by atoms with Crippen LogP contribution in [0.2, 0.25) is 0 Å². The number of rotatable bonds is 6. The molecule has 26 heavy (non-hydrogen) atoms. The first-order valence-corrected chi connectivity index (χ1v) is 8.50. The minimum atomic E-state index is -0.521. The van der Waals surface area contributed by atoms with Crippen molar-refractivity contribution in [2.24, 2.45) is 10.4 Å². The van der Waals surface area contributed by atoms with Crippen LogP contribution >= 0.6 is 24.0 Å². The lowest BCUT2D eigenvalue weighted by Crippen LogP contribution is -2.51. The molecule has 1 amide bonds. The Hall–Kier alpha value is -1.43. The topological polar surface area (TPSA) is 105 Å². The van der Waals surface area contributed by atoms with Gasteiger partial charge in [0.2, 0.25) is 5.91 Å². The monoisotopic (exact) mass is 479 g/mol. The third kappa shape index (κ3) is 5.79. The number of aliphatic imine (C=N–C) groups is 1. The van der Waals surface area contributed by atoms with E-state index in [4.69, 9.17) is 4.74 Å². The van der Waals surface area contributed by atoms with Crippen LogP contribution in [0, 0.1) is 5.41 Å². The smallest absolute Gasteiger partial charge is 0.227 e. The number of aryl methyl sites for hydroxylation is 1. The zero-order valence-electron chi connectivity index (χ0n) is 16.1. The summed E-state index contributed by atoms with van der Waals surface area (Å²) in [5.74, 6) is 2.38. The van der Waals surface area contributed by atoms with Gasteiger partial charge < -0.3 is 20.7 Å². The van der Waals surface area contributed by atoms with Crippen molar-refractivity contribution in [3.8, 4) is 0 Å². The van der Waals surface area contributed by atoms with Crippen LogP contribution in [-0.4, -0.2) is 60.4 Å². The highest BCUT2D eigenvalue weighted by atomic mass is 127. The van der Waals surface area contributed by atoms with Gasteiger partial charge in [0, 0.05) is 40.2 Å². The van der Waals surface area contributed by atoms with Gasteiger partial charge in [-0.3, -0.25) is 9.79 Å². The van der Waals surface area contributed by atoms with Gasteiger partial charge in [-0.15, -0.1) is 24.0 Å². The molecule has 0 saturated carbocycles. The van der Waals surface area contributed by atoms with Crippen LogP contribution in [0.3, 0.4) is 0 Å². The van der Waals surface area contributed by atoms with Crippen molar-refractivity contribution in [1.82, 2.24) is 30.7 Å². The Bertz CT molecular complexity index is 630. The van der Waals surface area contributed by atoms with E-state index in [0.717, 1.165) is 25.2 Å². The molecule has 2 heterocycles. The molecule has 0 radical (unpaired) electrons. The Labute approximate surface area is 171 Å². The fraction of sp³-hybridized carbons (Fsp3) is 0.750. The Balaban J connectivity index is 0.00000338. The van der Waals surface area contributed by atoms with Crippen molar-refractivity contribution in [3.63, 3.8) is 0 Å². The van der Waals surface area contributed by atoms with Crippen LogP contribution in [0.4, 0.5) is 0 Å². The maximum Gasteiger partial charge on any atom is 0.227 e. The first-order valence-electron chi connectivity index (χ1n) is 8.50. The molecule has 1 aliphatic rings. The molecule has 3 N–H and O–H groups in total. The van der Waals surface area contributed by atoms with Crippen molar-refractivity contribution in [2.75, 3.05) is 27.7 Å². The summed E-state index contributed by atoms with van der Waals surface area (Å²) in [4.78, 5) is 20.6. The highest BCUT2D eigenvalue weighted by molar-refractivity contribution is 14.0. The van der Waals surface area contributed by atoms with Gasteiger partial charge in [0.25, 0.3) is 0 Å². The zero-order chi connectivity index (χ0) is 18.4. The number of carbonyl (C=O) groups excluding carboxylic acids is 1. The SMILES string of the molecule is CN=C(NCC(C)(C)C(=O)NC)NC1CCc2nc(COC)nn2C1.I. The molecular weight excluding hydrogens is 449 g/mol. The van der Waals surface area contributed by atoms with E-state index in [1.807, 2.05) is 18.5 Å². The van der Waals surface area contributed by atoms with Crippen molar-refractivity contribution in [1.29, 1.82) is 0 Å². The normalized spacial score (nSPS) is 17.1. The van der Waals surface area contributed by atoms with Crippen LogP contribution in [0.25, 0.3) is 0 Å². The summed E-state index contributed by atoms with van der Waals surface area (Å²) in [6.07, 6.45) is 1.81. The van der Waals surface area contributed by atoms with Crippen molar-refractivity contribution in [3.05, 3.63) is 11.6 Å². The molecule has 1 atom stereocenters. The second-order valence-electron chi connectivity index (χ2n) is 6.83. The summed E-state index contributed by atoms with van der Waals surface area (Å²) in [6, 6.07) is 0.207. The molecule has 10 heteroatoms. The van der Waals surface area contributed by atoms with Gasteiger partial charge in [0.15, 0.2) is 11.8 Å². The summed E-state index contributed by atoms with van der Waals surface area (Å²) < 4.78 is 7.02. The third-order valence-corrected chi connectivity index (χ3v) is 4.28. The number of amides is 1. The lowest BCUT2D eigenvalue weighted by atomic mass is 9.92. The van der Waals surface area contributed by atoms with Crippen molar-refractivity contribution < 1.29 is 9.53 Å². The molecule has 1 aliphatic heterocycles. The second kappa shape index (κ2) is 10.0. The summed E-state index contributed by atoms with van der Waals surface area (Å²) >= 11 is 0. The molecule has 0 aromatic carbocycles. The van der Waals surface area contributed by atoms with Gasteiger partial charge in [-0.2, -0.15) is 5.10 Å². The van der Waals surface area contributed by atoms with E-state index in [-0.39, 0.29) is 35.9 Å². The molecule has 1 aromatic heterocycles. The van der Waals surface area contributed by atoms with Crippen LogP contribution in [0.5, 0.6) is 0 Å². The van der Waals surface area contributed by atoms with Gasteiger partial charge in [-0.25, -0.2) is 9.67 Å². The largest absolute Gasteiger partial charge is 0.377 e. The molecule has 148 valence electrons. The number of aromatic nitrogens is 3. The average Bonchev–Trinajstić information content (AvgIpc) is 2.99. The first kappa shape index (κ1) is 22.6. The Kier molecular flexibility index (Phi) is 8.74. The summed E-state index contributed by atoms with van der Waals surface area (Å²) in [5, 5.41) is 13.8. The van der Waals surface area contributed by atoms with Gasteiger partial charge in [-0.1, -0.05) is 0 Å². The summed E-state index contributed by atoms with van der Waals surface area (Å²) in [6.45, 7) is 5.44. The number of carbonyl (C=O) groups is 1. The lowest BCUT2D eigenvalue weighted by molar-refractivity contribution is -0.128. The molecular formula is C16H30IN7O2. The van der Waals surface area contributed by atoms with Crippen LogP contribution < -0.4 is 16.0 Å². The number of methoxy groups -OCH3 is 1. The highest BCUT2D eigenvalue weighted by Gasteiger charge is 2.27. The van der Waals surface area contributed by atoms with E-state index in [2.05, 4.69) is 31.0 Å². The van der Waals surface area contributed by atoms with Crippen molar-refractivity contribution in [2.45, 2.75) is 45.9 Å². The lowest BCUT2D eigenvalue weighted by Gasteiger charge is -2.28. The van der Waals surface area contributed by atoms with Gasteiger partial charge in [0.1, 0.15) is 12.4 Å². The Morgan fingerprint density at radius 2 is 2.19 bits per heavy atom. The van der Waals surface area contributed by atoms with E-state index in [9.17, 15) is 4.79 Å². The second-order valence-corrected chi connectivity index (χ2v) is 6.83. The minimum absolute atomic E-state index is 0. The average molecular weight is 479 g/mol. The number of hydrogen-bond donors (Lipinski definition) is 3. The Morgan fingerprint density at radius 3 is 2.81 bits per heavy atom. The quantitative estimate of drug-likeness (QED) is 0.308. The number of nitrogens with one attached hydrogen (secondary N) is 3. The van der Waals surface area contributed by atoms with Crippen molar-refractivity contribution >= 4 is 35.8 Å². The van der Waals surface area contributed by atoms with E-state index >= 15 is 0 Å². The maximum absolute atomic E-state index is 11.9. The van der Waals surface area contributed by atoms with Crippen LogP contribution in [0.1, 0.15) is 31.9 Å². The standard InChI is InChI=1S/C16H29N7O2.HI/c1-16(2,14(24)17-3)10-19-15(18-4)20-11-6-7-13-21-12(9-25-5)22-23(13)8-11;/h11H,6-10H2,1-5H3,(H,17,24)(H2,18,19,20);1H. The van der Waals surface area contributed by atoms with Gasteiger partial charge in [-0.05, 0) is 20.3 Å². The molecule has 0 saturated heterocycles. The minimum Gasteiger partial charge on any atom is -0.377 e. The molecule has 2 rings (SSSR count). The number of fused-ring (bicyclic) bond motifs is 1. The summed E-state index contributed by atoms with van der Waals surface area (Å²) in [5.41, 5.74) is -0.521. The fourth-order valence-corrected chi connectivity index (χ4v) is 2.78. The van der Waals surface area contributed by atoms with E-state index < -0.39 is 5.41 Å². The molecule has 0 fully saturated rings. The van der Waals surface area contributed by atoms with E-state index in [1.54, 1.807) is 21.2 Å². The molecule has 0 spiro atoms. The molecule has 1 unspecified atom stereocenters. The van der Waals surface area contributed by atoms with Crippen LogP contribution in [0.15, 0.2) is 4.99 Å².